The lowest BCUT2D eigenvalue weighted by Crippen LogP contribution is -2.07. The van der Waals surface area contributed by atoms with Crippen molar-refractivity contribution in [3.8, 4) is 28.7 Å². The minimum atomic E-state index is -0.514. The molecule has 0 aliphatic heterocycles. The first-order valence-corrected chi connectivity index (χ1v) is 24.4. The van der Waals surface area contributed by atoms with Crippen molar-refractivity contribution >= 4 is 29.8 Å². The largest absolute Gasteiger partial charge is 0.507 e. The maximum atomic E-state index is 13.0. The third kappa shape index (κ3) is 21.7. The van der Waals surface area contributed by atoms with E-state index in [1.165, 1.54) is 128 Å². The summed E-state index contributed by atoms with van der Waals surface area (Å²) in [5, 5.41) is 21.2. The highest BCUT2D eigenvalue weighted by Gasteiger charge is 2.10. The molecule has 4 aromatic carbocycles. The predicted octanol–water partition coefficient (Wildman–Crippen LogP) is 16.0. The molecule has 0 unspecified atom stereocenters. The Morgan fingerprint density at radius 2 is 0.873 bits per heavy atom. The van der Waals surface area contributed by atoms with E-state index >= 15 is 0 Å². The van der Waals surface area contributed by atoms with Crippen LogP contribution in [-0.2, 0) is 0 Å². The van der Waals surface area contributed by atoms with Gasteiger partial charge >= 0.3 is 5.97 Å². The van der Waals surface area contributed by atoms with E-state index in [9.17, 15) is 15.0 Å². The molecule has 0 saturated heterocycles. The normalized spacial score (nSPS) is 11.5. The molecule has 0 bridgehead atoms. The second-order valence-corrected chi connectivity index (χ2v) is 16.9. The molecule has 63 heavy (non-hydrogen) atoms. The third-order valence-corrected chi connectivity index (χ3v) is 11.4. The second-order valence-electron chi connectivity index (χ2n) is 16.9. The van der Waals surface area contributed by atoms with E-state index in [1.54, 1.807) is 85.2 Å². The fraction of sp³-hybridized carbons (Fsp3) is 0.509. The molecule has 2 N–H and O–H groups in total. The van der Waals surface area contributed by atoms with Crippen molar-refractivity contribution < 1.29 is 29.2 Å². The highest BCUT2D eigenvalue weighted by atomic mass is 16.5. The Kier molecular flexibility index (Phi) is 25.4. The van der Waals surface area contributed by atoms with Crippen molar-refractivity contribution in [1.82, 2.24) is 0 Å². The maximum absolute atomic E-state index is 13.0. The Labute approximate surface area is 379 Å². The van der Waals surface area contributed by atoms with Crippen molar-refractivity contribution in [3.05, 3.63) is 102 Å². The summed E-state index contributed by atoms with van der Waals surface area (Å²) in [5.41, 5.74) is 2.68. The van der Waals surface area contributed by atoms with E-state index < -0.39 is 5.97 Å². The summed E-state index contributed by atoms with van der Waals surface area (Å²) in [7, 11) is 0. The number of carbonyl (C=O) groups excluding carboxylic acids is 1. The van der Waals surface area contributed by atoms with Crippen LogP contribution in [0.1, 0.15) is 189 Å². The zero-order chi connectivity index (χ0) is 44.6. The Morgan fingerprint density at radius 1 is 0.460 bits per heavy atom. The average Bonchev–Trinajstić information content (AvgIpc) is 3.29. The standard InChI is InChI=1S/C55H76N2O6/c1-3-5-7-9-11-13-15-17-19-21-23-25-38-61-50-36-32-46(53(58)41-50)43-56-48-34-30-45(31-35-48)55(60)63-52-29-27-28-49(40-52)57-44-47-33-37-51(42-54(47)59)62-39-26-24-22-20-18-16-14-12-10-8-6-4-2/h27-37,40-44,58-59H,3-26,38-39H2,1-2H3. The number of unbranched alkanes of at least 4 members (excludes halogenated alkanes) is 22. The van der Waals surface area contributed by atoms with Gasteiger partial charge in [0.2, 0.25) is 0 Å². The van der Waals surface area contributed by atoms with Crippen molar-refractivity contribution in [2.75, 3.05) is 13.2 Å². The highest BCUT2D eigenvalue weighted by Crippen LogP contribution is 2.27. The van der Waals surface area contributed by atoms with Crippen molar-refractivity contribution in [2.24, 2.45) is 9.98 Å². The molecule has 0 saturated carbocycles. The first kappa shape index (κ1) is 50.5. The van der Waals surface area contributed by atoms with Gasteiger partial charge in [-0.25, -0.2) is 4.79 Å². The number of aromatic hydroxyl groups is 2. The van der Waals surface area contributed by atoms with Crippen LogP contribution in [0.15, 0.2) is 94.9 Å². The molecule has 0 radical (unpaired) electrons. The molecule has 4 rings (SSSR count). The van der Waals surface area contributed by atoms with E-state index in [1.807, 2.05) is 12.1 Å². The summed E-state index contributed by atoms with van der Waals surface area (Å²) < 4.78 is 17.4. The number of nitrogens with zero attached hydrogens (tertiary/aromatic N) is 2. The Bertz CT molecular complexity index is 1910. The summed E-state index contributed by atoms with van der Waals surface area (Å²) in [6.45, 7) is 5.79. The number of ether oxygens (including phenoxy) is 3. The fourth-order valence-corrected chi connectivity index (χ4v) is 7.48. The van der Waals surface area contributed by atoms with Gasteiger partial charge in [-0.05, 0) is 73.5 Å². The fourth-order valence-electron chi connectivity index (χ4n) is 7.48. The van der Waals surface area contributed by atoms with Crippen molar-refractivity contribution in [2.45, 2.75) is 168 Å². The number of hydrogen-bond acceptors (Lipinski definition) is 8. The maximum Gasteiger partial charge on any atom is 0.343 e. The molecule has 342 valence electrons. The quantitative estimate of drug-likeness (QED) is 0.0209. The van der Waals surface area contributed by atoms with Crippen LogP contribution in [0.2, 0.25) is 0 Å². The van der Waals surface area contributed by atoms with E-state index in [-0.39, 0.29) is 11.5 Å². The molecule has 8 heteroatoms. The lowest BCUT2D eigenvalue weighted by molar-refractivity contribution is 0.0735. The lowest BCUT2D eigenvalue weighted by atomic mass is 10.1. The number of phenols is 2. The van der Waals surface area contributed by atoms with Gasteiger partial charge in [0.15, 0.2) is 0 Å². The number of aliphatic imine (C=N–C) groups is 2. The van der Waals surface area contributed by atoms with Gasteiger partial charge in [0, 0.05) is 41.8 Å². The van der Waals surface area contributed by atoms with Gasteiger partial charge in [0.25, 0.3) is 0 Å². The minimum Gasteiger partial charge on any atom is -0.507 e. The summed E-state index contributed by atoms with van der Waals surface area (Å²) in [6.07, 6.45) is 34.3. The number of rotatable bonds is 34. The first-order chi connectivity index (χ1) is 30.9. The smallest absolute Gasteiger partial charge is 0.343 e. The van der Waals surface area contributed by atoms with Crippen LogP contribution in [0, 0.1) is 0 Å². The van der Waals surface area contributed by atoms with Crippen LogP contribution in [0.5, 0.6) is 28.7 Å². The molecule has 0 aromatic heterocycles. The molecular weight excluding hydrogens is 785 g/mol. The molecule has 0 heterocycles. The topological polar surface area (TPSA) is 110 Å². The highest BCUT2D eigenvalue weighted by molar-refractivity contribution is 5.92. The third-order valence-electron chi connectivity index (χ3n) is 11.4. The first-order valence-electron chi connectivity index (χ1n) is 24.4. The van der Waals surface area contributed by atoms with E-state index in [2.05, 4.69) is 23.8 Å². The van der Waals surface area contributed by atoms with E-state index in [0.29, 0.717) is 58.5 Å². The number of carbonyl (C=O) groups is 1. The van der Waals surface area contributed by atoms with Gasteiger partial charge in [0.1, 0.15) is 28.7 Å². The molecule has 0 aliphatic carbocycles. The zero-order valence-electron chi connectivity index (χ0n) is 38.5. The van der Waals surface area contributed by atoms with Gasteiger partial charge in [-0.15, -0.1) is 0 Å². The Hall–Kier alpha value is -5.11. The molecule has 4 aromatic rings. The SMILES string of the molecule is CCCCCCCCCCCCCCOc1ccc(C=Nc2ccc(C(=O)Oc3cccc(N=Cc4ccc(OCCCCCCCCCCCCCC)cc4O)c3)cc2)c(O)c1. The number of hydrogen-bond donors (Lipinski definition) is 2. The summed E-state index contributed by atoms with van der Waals surface area (Å²) in [6, 6.07) is 24.2. The second kappa shape index (κ2) is 31.7. The monoisotopic (exact) mass is 861 g/mol. The minimum absolute atomic E-state index is 0.0843. The van der Waals surface area contributed by atoms with Crippen LogP contribution >= 0.6 is 0 Å². The molecule has 8 nitrogen and oxygen atoms in total. The van der Waals surface area contributed by atoms with Crippen molar-refractivity contribution in [1.29, 1.82) is 0 Å². The predicted molar refractivity (Wildman–Crippen MR) is 262 cm³/mol. The van der Waals surface area contributed by atoms with Crippen LogP contribution in [-0.4, -0.2) is 41.8 Å². The van der Waals surface area contributed by atoms with Crippen LogP contribution in [0.3, 0.4) is 0 Å². The van der Waals surface area contributed by atoms with E-state index in [4.69, 9.17) is 14.2 Å². The van der Waals surface area contributed by atoms with E-state index in [0.717, 1.165) is 25.7 Å². The summed E-state index contributed by atoms with van der Waals surface area (Å²) >= 11 is 0. The van der Waals surface area contributed by atoms with Gasteiger partial charge in [0.05, 0.1) is 30.2 Å². The summed E-state index contributed by atoms with van der Waals surface area (Å²) in [4.78, 5) is 22.0. The number of phenolic OH excluding ortho intramolecular Hbond substituents is 2. The molecule has 0 atom stereocenters. The number of esters is 1. The molecule has 0 aliphatic rings. The lowest BCUT2D eigenvalue weighted by Gasteiger charge is -2.08. The zero-order valence-corrected chi connectivity index (χ0v) is 38.5. The average molecular weight is 861 g/mol. The van der Waals surface area contributed by atoms with Gasteiger partial charge in [-0.3, -0.25) is 9.98 Å². The molecule has 0 amide bonds. The summed E-state index contributed by atoms with van der Waals surface area (Å²) in [5.74, 6) is 1.29. The molecule has 0 spiro atoms. The molecule has 0 fully saturated rings. The van der Waals surface area contributed by atoms with Gasteiger partial charge < -0.3 is 24.4 Å². The van der Waals surface area contributed by atoms with Crippen LogP contribution in [0.25, 0.3) is 0 Å². The van der Waals surface area contributed by atoms with Crippen LogP contribution < -0.4 is 14.2 Å². The van der Waals surface area contributed by atoms with Gasteiger partial charge in [-0.1, -0.05) is 161 Å². The van der Waals surface area contributed by atoms with Crippen molar-refractivity contribution in [3.63, 3.8) is 0 Å². The molecular formula is C55H76N2O6. The van der Waals surface area contributed by atoms with Crippen LogP contribution in [0.4, 0.5) is 11.4 Å². The number of benzene rings is 4. The van der Waals surface area contributed by atoms with Gasteiger partial charge in [-0.2, -0.15) is 0 Å². The Morgan fingerprint density at radius 3 is 1.30 bits per heavy atom. The Balaban J connectivity index is 1.11.